The van der Waals surface area contributed by atoms with E-state index in [-0.39, 0.29) is 11.7 Å². The zero-order valence-corrected chi connectivity index (χ0v) is 18.1. The Bertz CT molecular complexity index is 789. The second kappa shape index (κ2) is 9.14. The van der Waals surface area contributed by atoms with E-state index in [0.717, 1.165) is 24.9 Å². The van der Waals surface area contributed by atoms with Crippen molar-refractivity contribution in [1.29, 1.82) is 0 Å². The largest absolute Gasteiger partial charge is 0.335 e. The van der Waals surface area contributed by atoms with Crippen molar-refractivity contribution in [1.82, 2.24) is 9.21 Å². The Balaban J connectivity index is 1.29. The summed E-state index contributed by atoms with van der Waals surface area (Å²) in [4.78, 5) is 16.4. The SMILES string of the molecule is O=C(C[NH+]1CCN(S(=O)(=O)Cc2ccccc2)CC1)N1CCC[C@H]2CCCC[C@H]21. The number of hydrogen-bond acceptors (Lipinski definition) is 3. The van der Waals surface area contributed by atoms with Gasteiger partial charge in [-0.25, -0.2) is 8.42 Å². The van der Waals surface area contributed by atoms with Gasteiger partial charge < -0.3 is 9.80 Å². The molecule has 1 aromatic rings. The Morgan fingerprint density at radius 3 is 2.41 bits per heavy atom. The topological polar surface area (TPSA) is 62.1 Å². The second-order valence-corrected chi connectivity index (χ2v) is 10.9. The minimum Gasteiger partial charge on any atom is -0.335 e. The lowest BCUT2D eigenvalue weighted by molar-refractivity contribution is -0.896. The molecule has 0 spiro atoms. The fourth-order valence-electron chi connectivity index (χ4n) is 5.38. The molecule has 3 fully saturated rings. The van der Waals surface area contributed by atoms with Gasteiger partial charge in [-0.15, -0.1) is 0 Å². The number of benzene rings is 1. The normalized spacial score (nSPS) is 26.8. The van der Waals surface area contributed by atoms with Gasteiger partial charge in [-0.1, -0.05) is 43.2 Å². The Labute approximate surface area is 174 Å². The maximum atomic E-state index is 13.0. The van der Waals surface area contributed by atoms with Gasteiger partial charge in [0.1, 0.15) is 0 Å². The molecule has 1 amide bonds. The minimum absolute atomic E-state index is 0.0545. The molecule has 4 rings (SSSR count). The number of piperazine rings is 1. The molecule has 3 aliphatic rings. The number of carbonyl (C=O) groups excluding carboxylic acids is 1. The van der Waals surface area contributed by atoms with Crippen molar-refractivity contribution < 1.29 is 18.1 Å². The highest BCUT2D eigenvalue weighted by Crippen LogP contribution is 2.35. The molecule has 160 valence electrons. The van der Waals surface area contributed by atoms with Gasteiger partial charge in [0.15, 0.2) is 6.54 Å². The summed E-state index contributed by atoms with van der Waals surface area (Å²) in [5, 5.41) is 0. The number of rotatable bonds is 5. The van der Waals surface area contributed by atoms with Crippen LogP contribution in [0.2, 0.25) is 0 Å². The van der Waals surface area contributed by atoms with E-state index in [0.29, 0.717) is 44.7 Å². The van der Waals surface area contributed by atoms with Crippen LogP contribution in [-0.4, -0.2) is 68.8 Å². The van der Waals surface area contributed by atoms with Crippen LogP contribution in [0, 0.1) is 5.92 Å². The van der Waals surface area contributed by atoms with Gasteiger partial charge in [-0.05, 0) is 37.2 Å². The molecule has 2 heterocycles. The molecule has 1 aromatic carbocycles. The third kappa shape index (κ3) is 5.01. The molecule has 0 aromatic heterocycles. The molecule has 0 unspecified atom stereocenters. The van der Waals surface area contributed by atoms with Crippen molar-refractivity contribution in [2.45, 2.75) is 50.3 Å². The molecule has 2 saturated heterocycles. The van der Waals surface area contributed by atoms with Crippen LogP contribution in [0.3, 0.4) is 0 Å². The summed E-state index contributed by atoms with van der Waals surface area (Å²) in [6.07, 6.45) is 7.41. The second-order valence-electron chi connectivity index (χ2n) is 8.91. The molecule has 1 saturated carbocycles. The van der Waals surface area contributed by atoms with E-state index in [9.17, 15) is 13.2 Å². The lowest BCUT2D eigenvalue weighted by Gasteiger charge is -2.44. The highest BCUT2D eigenvalue weighted by atomic mass is 32.2. The maximum Gasteiger partial charge on any atom is 0.278 e. The number of carbonyl (C=O) groups is 1. The monoisotopic (exact) mass is 420 g/mol. The Morgan fingerprint density at radius 2 is 1.66 bits per heavy atom. The number of quaternary nitrogens is 1. The number of sulfonamides is 1. The number of hydrogen-bond donors (Lipinski definition) is 1. The van der Waals surface area contributed by atoms with Gasteiger partial charge in [0.05, 0.1) is 31.9 Å². The number of amides is 1. The van der Waals surface area contributed by atoms with Crippen LogP contribution in [0.15, 0.2) is 30.3 Å². The summed E-state index contributed by atoms with van der Waals surface area (Å²) in [5.41, 5.74) is 0.824. The van der Waals surface area contributed by atoms with Crippen molar-refractivity contribution >= 4 is 15.9 Å². The van der Waals surface area contributed by atoms with E-state index in [4.69, 9.17) is 0 Å². The first kappa shape index (κ1) is 20.8. The Hall–Kier alpha value is -1.44. The Morgan fingerprint density at radius 1 is 0.966 bits per heavy atom. The number of nitrogens with one attached hydrogen (secondary N) is 1. The molecule has 2 atom stereocenters. The van der Waals surface area contributed by atoms with Gasteiger partial charge in [0.25, 0.3) is 5.91 Å². The van der Waals surface area contributed by atoms with Crippen LogP contribution < -0.4 is 4.90 Å². The van der Waals surface area contributed by atoms with E-state index >= 15 is 0 Å². The predicted molar refractivity (Wildman–Crippen MR) is 113 cm³/mol. The van der Waals surface area contributed by atoms with Crippen LogP contribution >= 0.6 is 0 Å². The zero-order chi connectivity index (χ0) is 20.3. The molecule has 0 bridgehead atoms. The highest BCUT2D eigenvalue weighted by Gasteiger charge is 2.37. The molecule has 1 N–H and O–H groups in total. The highest BCUT2D eigenvalue weighted by molar-refractivity contribution is 7.88. The quantitative estimate of drug-likeness (QED) is 0.770. The van der Waals surface area contributed by atoms with E-state index in [1.807, 2.05) is 30.3 Å². The average molecular weight is 421 g/mol. The summed E-state index contributed by atoms with van der Waals surface area (Å²) in [5.74, 6) is 1.03. The molecule has 7 heteroatoms. The number of likely N-dealkylation sites (tertiary alicyclic amines) is 1. The average Bonchev–Trinajstić information content (AvgIpc) is 2.74. The first-order valence-corrected chi connectivity index (χ1v) is 12.8. The molecule has 0 radical (unpaired) electrons. The molecular weight excluding hydrogens is 386 g/mol. The van der Waals surface area contributed by atoms with Crippen molar-refractivity contribution in [2.75, 3.05) is 39.3 Å². The van der Waals surface area contributed by atoms with Gasteiger partial charge in [0.2, 0.25) is 10.0 Å². The van der Waals surface area contributed by atoms with Gasteiger partial charge in [-0.2, -0.15) is 4.31 Å². The molecule has 1 aliphatic carbocycles. The molecule has 6 nitrogen and oxygen atoms in total. The van der Waals surface area contributed by atoms with Crippen LogP contribution in [0.5, 0.6) is 0 Å². The van der Waals surface area contributed by atoms with Crippen molar-refractivity contribution in [3.05, 3.63) is 35.9 Å². The lowest BCUT2D eigenvalue weighted by Crippen LogP contribution is -3.15. The van der Waals surface area contributed by atoms with Crippen LogP contribution in [-0.2, 0) is 20.6 Å². The van der Waals surface area contributed by atoms with E-state index < -0.39 is 10.0 Å². The van der Waals surface area contributed by atoms with Crippen molar-refractivity contribution in [2.24, 2.45) is 5.92 Å². The summed E-state index contributed by atoms with van der Waals surface area (Å²) >= 11 is 0. The first-order chi connectivity index (χ1) is 14.0. The number of fused-ring (bicyclic) bond motifs is 1. The van der Waals surface area contributed by atoms with Gasteiger partial charge in [-0.3, -0.25) is 4.79 Å². The smallest absolute Gasteiger partial charge is 0.278 e. The Kier molecular flexibility index (Phi) is 6.56. The molecular formula is C22H34N3O3S+. The molecule has 29 heavy (non-hydrogen) atoms. The lowest BCUT2D eigenvalue weighted by atomic mass is 9.78. The predicted octanol–water partition coefficient (Wildman–Crippen LogP) is 0.898. The number of nitrogens with zero attached hydrogens (tertiary/aromatic N) is 2. The van der Waals surface area contributed by atoms with Crippen molar-refractivity contribution in [3.8, 4) is 0 Å². The third-order valence-corrected chi connectivity index (χ3v) is 8.83. The van der Waals surface area contributed by atoms with E-state index in [2.05, 4.69) is 4.90 Å². The standard InChI is InChI=1S/C22H33N3O3S/c26-22(25-12-6-10-20-9-4-5-11-21(20)25)17-23-13-15-24(16-14-23)29(27,28)18-19-7-2-1-3-8-19/h1-3,7-8,20-21H,4-6,9-18H2/p+1/t20-,21-/m1/s1. The summed E-state index contributed by atoms with van der Waals surface area (Å²) in [7, 11) is -3.30. The van der Waals surface area contributed by atoms with Crippen LogP contribution in [0.4, 0.5) is 0 Å². The van der Waals surface area contributed by atoms with Gasteiger partial charge >= 0.3 is 0 Å². The first-order valence-electron chi connectivity index (χ1n) is 11.2. The van der Waals surface area contributed by atoms with Crippen molar-refractivity contribution in [3.63, 3.8) is 0 Å². The van der Waals surface area contributed by atoms with Gasteiger partial charge in [0, 0.05) is 12.6 Å². The number of piperidine rings is 1. The maximum absolute atomic E-state index is 13.0. The van der Waals surface area contributed by atoms with E-state index in [1.165, 1.54) is 30.6 Å². The minimum atomic E-state index is -3.30. The van der Waals surface area contributed by atoms with Crippen LogP contribution in [0.25, 0.3) is 0 Å². The summed E-state index contributed by atoms with van der Waals surface area (Å²) in [6.45, 7) is 3.84. The third-order valence-electron chi connectivity index (χ3n) is 6.98. The summed E-state index contributed by atoms with van der Waals surface area (Å²) < 4.78 is 27.1. The van der Waals surface area contributed by atoms with E-state index in [1.54, 1.807) is 4.31 Å². The fourth-order valence-corrected chi connectivity index (χ4v) is 6.92. The summed E-state index contributed by atoms with van der Waals surface area (Å²) in [6, 6.07) is 9.81. The zero-order valence-electron chi connectivity index (χ0n) is 17.3. The van der Waals surface area contributed by atoms with Crippen LogP contribution in [0.1, 0.15) is 44.1 Å². The fraction of sp³-hybridized carbons (Fsp3) is 0.682. The molecule has 2 aliphatic heterocycles.